The van der Waals surface area contributed by atoms with Crippen molar-refractivity contribution in [3.63, 3.8) is 0 Å². The topological polar surface area (TPSA) is 99.6 Å². The Bertz CT molecular complexity index is 667. The van der Waals surface area contributed by atoms with Crippen LogP contribution in [0.5, 0.6) is 0 Å². The molecule has 1 saturated heterocycles. The van der Waals surface area contributed by atoms with Crippen LogP contribution in [0.3, 0.4) is 0 Å². The van der Waals surface area contributed by atoms with Crippen molar-refractivity contribution in [2.45, 2.75) is 51.6 Å². The molecule has 2 fully saturated rings. The lowest BCUT2D eigenvalue weighted by Gasteiger charge is -2.33. The van der Waals surface area contributed by atoms with Crippen molar-refractivity contribution in [1.82, 2.24) is 15.2 Å². The van der Waals surface area contributed by atoms with E-state index in [1.54, 1.807) is 0 Å². The fourth-order valence-corrected chi connectivity index (χ4v) is 4.32. The summed E-state index contributed by atoms with van der Waals surface area (Å²) in [6.07, 6.45) is 4.59. The summed E-state index contributed by atoms with van der Waals surface area (Å²) in [5.74, 6) is -0.769. The second-order valence-electron chi connectivity index (χ2n) is 7.01. The summed E-state index contributed by atoms with van der Waals surface area (Å²) >= 11 is 1.20. The minimum atomic E-state index is -1.08. The number of carbonyl (C=O) groups excluding carboxylic acids is 2. The van der Waals surface area contributed by atoms with Gasteiger partial charge in [0.1, 0.15) is 5.01 Å². The molecule has 1 atom stereocenters. The summed E-state index contributed by atoms with van der Waals surface area (Å²) < 4.78 is 0. The van der Waals surface area contributed by atoms with Crippen LogP contribution in [0.15, 0.2) is 5.38 Å². The van der Waals surface area contributed by atoms with Crippen LogP contribution in [0, 0.1) is 11.8 Å². The normalized spacial score (nSPS) is 26.7. The molecule has 0 bridgehead atoms. The van der Waals surface area contributed by atoms with E-state index in [9.17, 15) is 14.4 Å². The summed E-state index contributed by atoms with van der Waals surface area (Å²) in [5, 5.41) is 13.6. The highest BCUT2D eigenvalue weighted by Crippen LogP contribution is 2.31. The Morgan fingerprint density at radius 1 is 1.36 bits per heavy atom. The van der Waals surface area contributed by atoms with E-state index in [1.165, 1.54) is 16.7 Å². The van der Waals surface area contributed by atoms with Crippen LogP contribution in [0.25, 0.3) is 0 Å². The van der Waals surface area contributed by atoms with Crippen LogP contribution >= 0.6 is 11.3 Å². The summed E-state index contributed by atoms with van der Waals surface area (Å²) in [7, 11) is 0. The summed E-state index contributed by atoms with van der Waals surface area (Å²) in [4.78, 5) is 41.3. The average molecular weight is 365 g/mol. The van der Waals surface area contributed by atoms with Gasteiger partial charge >= 0.3 is 5.97 Å². The molecule has 1 unspecified atom stereocenters. The molecule has 0 aromatic carbocycles. The number of thiazole rings is 1. The van der Waals surface area contributed by atoms with Crippen LogP contribution in [-0.2, 0) is 16.1 Å². The Labute approximate surface area is 150 Å². The summed E-state index contributed by atoms with van der Waals surface area (Å²) in [6.45, 7) is 2.93. The first kappa shape index (κ1) is 17.8. The molecule has 0 spiro atoms. The summed E-state index contributed by atoms with van der Waals surface area (Å²) in [5.41, 5.74) is -0.0111. The molecule has 1 saturated carbocycles. The fourth-order valence-electron chi connectivity index (χ4n) is 3.61. The highest BCUT2D eigenvalue weighted by molar-refractivity contribution is 7.09. The largest absolute Gasteiger partial charge is 0.476 e. The maximum atomic E-state index is 12.4. The Hall–Kier alpha value is -1.96. The summed E-state index contributed by atoms with van der Waals surface area (Å²) in [6, 6.07) is 0.276. The van der Waals surface area contributed by atoms with Crippen LogP contribution in [0.4, 0.5) is 0 Å². The van der Waals surface area contributed by atoms with E-state index >= 15 is 0 Å². The van der Waals surface area contributed by atoms with Gasteiger partial charge < -0.3 is 15.3 Å². The second-order valence-corrected chi connectivity index (χ2v) is 7.95. The third-order valence-corrected chi connectivity index (χ3v) is 5.99. The number of aromatic nitrogens is 1. The van der Waals surface area contributed by atoms with Crippen molar-refractivity contribution in [3.8, 4) is 0 Å². The van der Waals surface area contributed by atoms with Crippen LogP contribution < -0.4 is 5.32 Å². The number of hydrogen-bond donors (Lipinski definition) is 2. The highest BCUT2D eigenvalue weighted by atomic mass is 32.1. The first-order valence-electron chi connectivity index (χ1n) is 8.69. The second kappa shape index (κ2) is 7.51. The van der Waals surface area contributed by atoms with E-state index in [-0.39, 0.29) is 42.4 Å². The number of likely N-dealkylation sites (tertiary alicyclic amines) is 1. The van der Waals surface area contributed by atoms with Gasteiger partial charge in [-0.25, -0.2) is 9.78 Å². The molecule has 2 amide bonds. The van der Waals surface area contributed by atoms with Gasteiger partial charge in [0.15, 0.2) is 5.69 Å². The van der Waals surface area contributed by atoms with E-state index in [4.69, 9.17) is 5.11 Å². The number of hydrogen-bond acceptors (Lipinski definition) is 5. The molecule has 8 heteroatoms. The average Bonchev–Trinajstić information content (AvgIpc) is 3.20. The van der Waals surface area contributed by atoms with E-state index in [0.717, 1.165) is 31.6 Å². The first-order chi connectivity index (χ1) is 11.9. The standard InChI is InChI=1S/C17H23N3O4S/c1-10-2-4-12(5-3-10)20-8-11(6-15(20)21)16(22)18-7-14-19-13(9-25-14)17(23)24/h9-12H,2-8H2,1H3,(H,18,22)(H,23,24). The molecule has 1 aromatic rings. The van der Waals surface area contributed by atoms with Crippen molar-refractivity contribution in [1.29, 1.82) is 0 Å². The van der Waals surface area contributed by atoms with Gasteiger partial charge in [-0.1, -0.05) is 6.92 Å². The zero-order valence-electron chi connectivity index (χ0n) is 14.2. The van der Waals surface area contributed by atoms with Gasteiger partial charge in [-0.3, -0.25) is 9.59 Å². The predicted octanol–water partition coefficient (Wildman–Crippen LogP) is 1.88. The first-order valence-corrected chi connectivity index (χ1v) is 9.57. The molecule has 2 N–H and O–H groups in total. The Kier molecular flexibility index (Phi) is 5.36. The number of carboxylic acids is 1. The number of aromatic carboxylic acids is 1. The van der Waals surface area contributed by atoms with Gasteiger partial charge in [-0.05, 0) is 31.6 Å². The number of rotatable bonds is 5. The highest BCUT2D eigenvalue weighted by Gasteiger charge is 2.38. The molecule has 3 rings (SSSR count). The van der Waals surface area contributed by atoms with Crippen LogP contribution in [0.2, 0.25) is 0 Å². The van der Waals surface area contributed by atoms with Gasteiger partial charge in [0.25, 0.3) is 0 Å². The van der Waals surface area contributed by atoms with Crippen molar-refractivity contribution in [2.75, 3.05) is 6.54 Å². The third-order valence-electron chi connectivity index (χ3n) is 5.14. The number of carbonyl (C=O) groups is 3. The van der Waals surface area contributed by atoms with Crippen molar-refractivity contribution < 1.29 is 19.5 Å². The number of carboxylic acid groups (broad SMARTS) is 1. The number of nitrogens with zero attached hydrogens (tertiary/aromatic N) is 2. The molecule has 2 aliphatic rings. The number of nitrogens with one attached hydrogen (secondary N) is 1. The molecule has 136 valence electrons. The maximum Gasteiger partial charge on any atom is 0.355 e. The van der Waals surface area contributed by atoms with Crippen molar-refractivity contribution in [3.05, 3.63) is 16.1 Å². The van der Waals surface area contributed by atoms with E-state index < -0.39 is 5.97 Å². The molecule has 7 nitrogen and oxygen atoms in total. The van der Waals surface area contributed by atoms with Crippen molar-refractivity contribution >= 4 is 29.1 Å². The minimum absolute atomic E-state index is 0.0111. The molecule has 25 heavy (non-hydrogen) atoms. The lowest BCUT2D eigenvalue weighted by molar-refractivity contribution is -0.131. The Balaban J connectivity index is 1.51. The predicted molar refractivity (Wildman–Crippen MR) is 92.2 cm³/mol. The van der Waals surface area contributed by atoms with Gasteiger partial charge in [0.05, 0.1) is 12.5 Å². The van der Waals surface area contributed by atoms with Crippen molar-refractivity contribution in [2.24, 2.45) is 11.8 Å². The minimum Gasteiger partial charge on any atom is -0.476 e. The third kappa shape index (κ3) is 4.18. The van der Waals surface area contributed by atoms with E-state index in [2.05, 4.69) is 17.2 Å². The Morgan fingerprint density at radius 2 is 2.08 bits per heavy atom. The monoisotopic (exact) mass is 365 g/mol. The van der Waals surface area contributed by atoms with Gasteiger partial charge in [0.2, 0.25) is 11.8 Å². The molecule has 1 aromatic heterocycles. The smallest absolute Gasteiger partial charge is 0.355 e. The molecule has 0 radical (unpaired) electrons. The lowest BCUT2D eigenvalue weighted by Crippen LogP contribution is -2.40. The quantitative estimate of drug-likeness (QED) is 0.830. The fraction of sp³-hybridized carbons (Fsp3) is 0.647. The molecular weight excluding hydrogens is 342 g/mol. The molecular formula is C17H23N3O4S. The molecule has 1 aliphatic carbocycles. The lowest BCUT2D eigenvalue weighted by atomic mass is 9.87. The zero-order chi connectivity index (χ0) is 18.0. The van der Waals surface area contributed by atoms with Gasteiger partial charge in [0, 0.05) is 24.4 Å². The van der Waals surface area contributed by atoms with Crippen LogP contribution in [-0.4, -0.2) is 45.4 Å². The molecule has 2 heterocycles. The van der Waals surface area contributed by atoms with Gasteiger partial charge in [-0.15, -0.1) is 11.3 Å². The SMILES string of the molecule is CC1CCC(N2CC(C(=O)NCc3nc(C(=O)O)cs3)CC2=O)CC1. The molecule has 1 aliphatic heterocycles. The number of amides is 2. The van der Waals surface area contributed by atoms with E-state index in [1.807, 2.05) is 4.90 Å². The van der Waals surface area contributed by atoms with Crippen LogP contribution in [0.1, 0.15) is 54.5 Å². The zero-order valence-corrected chi connectivity index (χ0v) is 15.1. The Morgan fingerprint density at radius 3 is 2.72 bits per heavy atom. The maximum absolute atomic E-state index is 12.4. The van der Waals surface area contributed by atoms with Gasteiger partial charge in [-0.2, -0.15) is 0 Å². The van der Waals surface area contributed by atoms with E-state index in [0.29, 0.717) is 11.6 Å².